The molecule has 2 aliphatic rings. The Labute approximate surface area is 217 Å². The van der Waals surface area contributed by atoms with Gasteiger partial charge >= 0.3 is 0 Å². The van der Waals surface area contributed by atoms with Crippen molar-refractivity contribution in [2.24, 2.45) is 9.98 Å². The molecule has 0 saturated heterocycles. The van der Waals surface area contributed by atoms with Crippen LogP contribution >= 0.6 is 0 Å². The molecule has 0 radical (unpaired) electrons. The fourth-order valence-corrected chi connectivity index (χ4v) is 4.61. The summed E-state index contributed by atoms with van der Waals surface area (Å²) in [6.07, 6.45) is 0. The first kappa shape index (κ1) is 26.4. The summed E-state index contributed by atoms with van der Waals surface area (Å²) in [5.74, 6) is 1.13. The van der Waals surface area contributed by atoms with Crippen LogP contribution in [0.5, 0.6) is 0 Å². The van der Waals surface area contributed by atoms with Crippen LogP contribution in [0.2, 0.25) is 0 Å². The van der Waals surface area contributed by atoms with E-state index in [9.17, 15) is 10.2 Å². The third-order valence-electron chi connectivity index (χ3n) is 6.27. The molecule has 2 N–H and O–H groups in total. The molecule has 7 nitrogen and oxygen atoms in total. The molecule has 1 aliphatic carbocycles. The van der Waals surface area contributed by atoms with Crippen molar-refractivity contribution in [3.05, 3.63) is 71.6 Å². The molecule has 1 heterocycles. The zero-order valence-electron chi connectivity index (χ0n) is 21.8. The summed E-state index contributed by atoms with van der Waals surface area (Å²) in [6, 6.07) is 20.3. The molecule has 0 bridgehead atoms. The molecule has 0 spiro atoms. The number of nitrogens with zero attached hydrogens (tertiary/aromatic N) is 3. The maximum absolute atomic E-state index is 9.40. The van der Waals surface area contributed by atoms with E-state index in [1.807, 2.05) is 43.3 Å². The summed E-state index contributed by atoms with van der Waals surface area (Å²) in [4.78, 5) is 11.3. The fraction of sp³-hybridized carbons (Fsp3) is 0.333. The Morgan fingerprint density at radius 3 is 2.46 bits per heavy atom. The van der Waals surface area contributed by atoms with Crippen molar-refractivity contribution in [3.63, 3.8) is 0 Å². The summed E-state index contributed by atoms with van der Waals surface area (Å²) in [5, 5.41) is 20.6. The number of ether oxygens (including phenoxy) is 1. The van der Waals surface area contributed by atoms with E-state index in [1.54, 1.807) is 0 Å². The smallest absolute Gasteiger partial charge is 0.216 e. The summed E-state index contributed by atoms with van der Waals surface area (Å²) in [6.45, 7) is 8.88. The molecule has 7 heteroatoms. The third-order valence-corrected chi connectivity index (χ3v) is 6.27. The monoisotopic (exact) mass is 501 g/mol. The molecule has 2 aromatic rings. The van der Waals surface area contributed by atoms with Crippen molar-refractivity contribution in [3.8, 4) is 22.5 Å². The van der Waals surface area contributed by atoms with Crippen molar-refractivity contribution in [2.45, 2.75) is 20.8 Å². The first-order valence-corrected chi connectivity index (χ1v) is 12.9. The highest BCUT2D eigenvalue weighted by atomic mass is 16.5. The lowest BCUT2D eigenvalue weighted by Gasteiger charge is -2.23. The average molecular weight is 502 g/mol. The van der Waals surface area contributed by atoms with Crippen LogP contribution in [0.3, 0.4) is 0 Å². The Bertz CT molecular complexity index is 1410. The lowest BCUT2D eigenvalue weighted by molar-refractivity contribution is 0.193. The number of rotatable bonds is 10. The minimum Gasteiger partial charge on any atom is -0.475 e. The summed E-state index contributed by atoms with van der Waals surface area (Å²) < 4.78 is 12.3. The molecule has 0 amide bonds. The lowest BCUT2D eigenvalue weighted by Crippen LogP contribution is -2.21. The lowest BCUT2D eigenvalue weighted by atomic mass is 9.90. The second-order valence-electron chi connectivity index (χ2n) is 8.51. The maximum Gasteiger partial charge on any atom is 0.216 e. The number of fused-ring (bicyclic) bond motifs is 2. The Morgan fingerprint density at radius 1 is 0.919 bits per heavy atom. The number of aliphatic hydroxyl groups excluding tert-OH is 2. The van der Waals surface area contributed by atoms with Crippen LogP contribution in [0, 0.1) is 0 Å². The number of hydrogen-bond donors (Lipinski definition) is 2. The minimum absolute atomic E-state index is 0.0952. The highest BCUT2D eigenvalue weighted by Crippen LogP contribution is 2.42. The number of hydrogen-bond acceptors (Lipinski definition) is 7. The van der Waals surface area contributed by atoms with Crippen molar-refractivity contribution < 1.29 is 19.4 Å². The van der Waals surface area contributed by atoms with Crippen molar-refractivity contribution >= 4 is 22.6 Å². The molecule has 37 heavy (non-hydrogen) atoms. The van der Waals surface area contributed by atoms with Crippen LogP contribution in [0.25, 0.3) is 33.4 Å². The molecule has 0 fully saturated rings. The number of aliphatic hydroxyl groups is 2. The molecule has 4 rings (SSSR count). The molecule has 0 saturated carbocycles. The van der Waals surface area contributed by atoms with Gasteiger partial charge in [0, 0.05) is 59.5 Å². The van der Waals surface area contributed by atoms with Crippen LogP contribution in [0.1, 0.15) is 26.3 Å². The maximum atomic E-state index is 9.40. The number of anilines is 1. The third kappa shape index (κ3) is 5.68. The number of aliphatic imine (C=N–C) groups is 1. The van der Waals surface area contributed by atoms with Crippen molar-refractivity contribution in [2.75, 3.05) is 50.9 Å². The van der Waals surface area contributed by atoms with Gasteiger partial charge < -0.3 is 24.3 Å². The van der Waals surface area contributed by atoms with Gasteiger partial charge in [-0.15, -0.1) is 0 Å². The van der Waals surface area contributed by atoms with E-state index >= 15 is 0 Å². The van der Waals surface area contributed by atoms with E-state index in [4.69, 9.17) is 9.15 Å². The SMILES string of the molecule is CC/N=c1/ccc2c(-c3ccccc3C(=NCCO)OCCO)c3ccc(N(CC)CC)cc3oc-2c1. The van der Waals surface area contributed by atoms with E-state index in [0.29, 0.717) is 12.4 Å². The van der Waals surface area contributed by atoms with Crippen LogP contribution in [-0.2, 0) is 4.74 Å². The Morgan fingerprint density at radius 2 is 1.73 bits per heavy atom. The number of benzene rings is 3. The molecular weight excluding hydrogens is 466 g/mol. The van der Waals surface area contributed by atoms with E-state index in [-0.39, 0.29) is 26.4 Å². The first-order chi connectivity index (χ1) is 18.1. The first-order valence-electron chi connectivity index (χ1n) is 12.9. The standard InChI is InChI=1S/C30H35N3O4/c1-4-31-21-11-13-25-27(19-21)37-28-20-22(33(5-2)6-3)12-14-26(28)29(25)23-9-7-8-10-24(23)30(32-15-16-34)36-18-17-35/h7-14,19-20,34-35H,4-6,15-18H2,1-3H3/b31-21-,32-30?. The zero-order chi connectivity index (χ0) is 26.2. The minimum atomic E-state index is -0.131. The molecule has 0 atom stereocenters. The topological polar surface area (TPSA) is 90.8 Å². The predicted octanol–water partition coefficient (Wildman–Crippen LogP) is 4.72. The van der Waals surface area contributed by atoms with Crippen LogP contribution in [0.15, 0.2) is 75.1 Å². The van der Waals surface area contributed by atoms with Crippen LogP contribution in [0.4, 0.5) is 5.69 Å². The molecule has 1 aliphatic heterocycles. The summed E-state index contributed by atoms with van der Waals surface area (Å²) in [5.41, 5.74) is 5.55. The normalized spacial score (nSPS) is 12.5. The predicted molar refractivity (Wildman–Crippen MR) is 149 cm³/mol. The molecule has 0 aromatic heterocycles. The van der Waals surface area contributed by atoms with Gasteiger partial charge in [-0.3, -0.25) is 4.99 Å². The average Bonchev–Trinajstić information content (AvgIpc) is 2.93. The molecular formula is C30H35N3O4. The largest absolute Gasteiger partial charge is 0.475 e. The highest BCUT2D eigenvalue weighted by Gasteiger charge is 2.22. The Hall–Kier alpha value is -3.68. The zero-order valence-corrected chi connectivity index (χ0v) is 21.8. The molecule has 0 unspecified atom stereocenters. The Kier molecular flexibility index (Phi) is 8.93. The van der Waals surface area contributed by atoms with Gasteiger partial charge in [0.25, 0.3) is 0 Å². The quantitative estimate of drug-likeness (QED) is 0.186. The summed E-state index contributed by atoms with van der Waals surface area (Å²) in [7, 11) is 0. The highest BCUT2D eigenvalue weighted by molar-refractivity contribution is 6.09. The fourth-order valence-electron chi connectivity index (χ4n) is 4.61. The van der Waals surface area contributed by atoms with Gasteiger partial charge in [0.05, 0.1) is 25.1 Å². The van der Waals surface area contributed by atoms with Crippen molar-refractivity contribution in [1.82, 2.24) is 0 Å². The van der Waals surface area contributed by atoms with Gasteiger partial charge in [-0.05, 0) is 56.7 Å². The van der Waals surface area contributed by atoms with Gasteiger partial charge in [-0.1, -0.05) is 18.2 Å². The molecule has 194 valence electrons. The van der Waals surface area contributed by atoms with E-state index < -0.39 is 0 Å². The van der Waals surface area contributed by atoms with Crippen molar-refractivity contribution in [1.29, 1.82) is 0 Å². The van der Waals surface area contributed by atoms with E-state index in [1.165, 1.54) is 0 Å². The van der Waals surface area contributed by atoms with E-state index in [2.05, 4.69) is 53.0 Å². The molecule has 2 aromatic carbocycles. The van der Waals surface area contributed by atoms with E-state index in [0.717, 1.165) is 63.1 Å². The van der Waals surface area contributed by atoms with Gasteiger partial charge in [-0.2, -0.15) is 0 Å². The van der Waals surface area contributed by atoms with Gasteiger partial charge in [-0.25, -0.2) is 4.99 Å². The van der Waals surface area contributed by atoms with Gasteiger partial charge in [0.1, 0.15) is 18.0 Å². The van der Waals surface area contributed by atoms with Crippen LogP contribution < -0.4 is 10.3 Å². The Balaban J connectivity index is 2.05. The second-order valence-corrected chi connectivity index (χ2v) is 8.51. The van der Waals surface area contributed by atoms with Gasteiger partial charge in [0.2, 0.25) is 5.90 Å². The second kappa shape index (κ2) is 12.5. The van der Waals surface area contributed by atoms with Gasteiger partial charge in [0.15, 0.2) is 0 Å². The van der Waals surface area contributed by atoms with Crippen LogP contribution in [-0.4, -0.2) is 62.1 Å². The summed E-state index contributed by atoms with van der Waals surface area (Å²) >= 11 is 0.